The van der Waals surface area contributed by atoms with Crippen molar-refractivity contribution in [1.82, 2.24) is 28.7 Å². The van der Waals surface area contributed by atoms with Crippen LogP contribution in [0.3, 0.4) is 0 Å². The first-order chi connectivity index (χ1) is 27.8. The van der Waals surface area contributed by atoms with Gasteiger partial charge in [-0.3, -0.25) is 43.0 Å². The van der Waals surface area contributed by atoms with Gasteiger partial charge in [-0.15, -0.1) is 11.8 Å². The third-order valence-electron chi connectivity index (χ3n) is 8.59. The minimum atomic E-state index is -2.26. The first-order valence-electron chi connectivity index (χ1n) is 16.4. The number of nitrogens with zero attached hydrogens (tertiary/aromatic N) is 3. The lowest BCUT2D eigenvalue weighted by Gasteiger charge is -2.15. The molecule has 3 fully saturated rings. The smallest absolute Gasteiger partial charge is 0.330 e. The average Bonchev–Trinajstić information content (AvgIpc) is 3.81. The fourth-order valence-electron chi connectivity index (χ4n) is 5.71. The number of aliphatic hydroxyl groups excluding tert-OH is 7. The maximum atomic E-state index is 13.0. The van der Waals surface area contributed by atoms with Gasteiger partial charge in [0, 0.05) is 36.3 Å². The van der Waals surface area contributed by atoms with E-state index in [4.69, 9.17) is 53.1 Å². The topological polar surface area (TPSA) is 325 Å². The highest BCUT2D eigenvalue weighted by Gasteiger charge is 2.44. The number of rotatable bonds is 7. The van der Waals surface area contributed by atoms with Gasteiger partial charge in [-0.2, -0.15) is 17.6 Å². The van der Waals surface area contributed by atoms with Gasteiger partial charge in [0.05, 0.1) is 54.5 Å². The van der Waals surface area contributed by atoms with Crippen LogP contribution in [0.1, 0.15) is 23.4 Å². The molecule has 3 saturated heterocycles. The molecule has 9 atom stereocenters. The van der Waals surface area contributed by atoms with Crippen LogP contribution in [0.4, 0.5) is 17.6 Å². The van der Waals surface area contributed by atoms with E-state index in [2.05, 4.69) is 0 Å². The van der Waals surface area contributed by atoms with E-state index in [-0.39, 0.29) is 15.6 Å². The van der Waals surface area contributed by atoms with E-state index in [0.29, 0.717) is 4.57 Å². The van der Waals surface area contributed by atoms with E-state index in [1.165, 1.54) is 6.20 Å². The Hall–Kier alpha value is -4.45. The van der Waals surface area contributed by atoms with Gasteiger partial charge in [0.15, 0.2) is 12.5 Å². The maximum Gasteiger partial charge on any atom is 0.330 e. The minimum absolute atomic E-state index is 0.0523. The number of ether oxygens (including phenoxy) is 2. The number of hydrogen-bond donors (Lipinski definition) is 10. The second-order valence-electron chi connectivity index (χ2n) is 12.1. The fourth-order valence-corrected chi connectivity index (χ4v) is 7.50. The van der Waals surface area contributed by atoms with Crippen molar-refractivity contribution in [2.24, 2.45) is 0 Å². The molecule has 0 aromatic carbocycles. The summed E-state index contributed by atoms with van der Waals surface area (Å²) in [6.45, 7) is -2.43. The molecular weight excluding hydrogens is 875 g/mol. The Morgan fingerprint density at radius 1 is 0.661 bits per heavy atom. The zero-order valence-electron chi connectivity index (χ0n) is 29.3. The Bertz CT molecular complexity index is 2350. The average molecular weight is 908 g/mol. The van der Waals surface area contributed by atoms with Gasteiger partial charge in [0.2, 0.25) is 0 Å². The van der Waals surface area contributed by atoms with Crippen LogP contribution in [0.25, 0.3) is 0 Å². The molecule has 21 nitrogen and oxygen atoms in total. The molecule has 6 heterocycles. The summed E-state index contributed by atoms with van der Waals surface area (Å²) in [6.07, 6.45) is -10.8. The molecular formula is C31H32Cl2F4N6O15S. The van der Waals surface area contributed by atoms with Gasteiger partial charge in [-0.25, -0.2) is 14.4 Å². The number of aromatic amines is 3. The summed E-state index contributed by atoms with van der Waals surface area (Å²) >= 11 is 12.2. The van der Waals surface area contributed by atoms with Crippen LogP contribution in [0.15, 0.2) is 92.9 Å². The molecule has 59 heavy (non-hydrogen) atoms. The number of nitrogens with one attached hydrogen (secondary N) is 3. The highest BCUT2D eigenvalue weighted by atomic mass is 35.5. The van der Waals surface area contributed by atoms with Crippen LogP contribution in [0, 0.1) is 0 Å². The molecule has 0 amide bonds. The number of hydrogen-bond acceptors (Lipinski definition) is 16. The van der Waals surface area contributed by atoms with Crippen LogP contribution in [-0.2, 0) is 16.1 Å². The molecule has 0 spiro atoms. The van der Waals surface area contributed by atoms with Crippen LogP contribution >= 0.6 is 35.0 Å². The predicted octanol–water partition coefficient (Wildman–Crippen LogP) is -2.44. The standard InChI is InChI=1S/C11H12F2N2O6.C10H10Cl2N2O5.C10H10F2N2O4S/c12-8(13)6-7(18)5(3-17)21-10(6)15-1-4(2-16)9(19)14-11(15)20;2*11-8(12)6-7(17)4(3-15)19-9(6)14-2-1-5(16)13-10(14)18/h1,5,7,10,16-18H,2-3H2,(H,14,19,20);2*1-2,4,7,9,15,17H,3H2,(H,13,16,18)/t5-,7-,10-;2*4-,7-,9-/m111/s1. The van der Waals surface area contributed by atoms with Gasteiger partial charge < -0.3 is 45.2 Å². The number of thioether (sulfide) groups is 1. The number of H-pyrrole nitrogens is 3. The van der Waals surface area contributed by atoms with E-state index in [1.54, 1.807) is 0 Å². The van der Waals surface area contributed by atoms with Gasteiger partial charge in [-0.1, -0.05) is 23.2 Å². The molecule has 0 unspecified atom stereocenters. The summed E-state index contributed by atoms with van der Waals surface area (Å²) in [4.78, 5) is 74.0. The first-order valence-corrected chi connectivity index (χ1v) is 18.1. The lowest BCUT2D eigenvalue weighted by molar-refractivity contribution is -0.0450. The van der Waals surface area contributed by atoms with Gasteiger partial charge >= 0.3 is 17.1 Å². The van der Waals surface area contributed by atoms with Crippen LogP contribution in [0.2, 0.25) is 0 Å². The summed E-state index contributed by atoms with van der Waals surface area (Å²) in [5.41, 5.74) is -6.41. The Labute approximate surface area is 338 Å². The van der Waals surface area contributed by atoms with Crippen molar-refractivity contribution in [2.75, 3.05) is 19.8 Å². The summed E-state index contributed by atoms with van der Waals surface area (Å²) in [5.74, 6) is 0. The first kappa shape index (κ1) is 47.2. The van der Waals surface area contributed by atoms with Crippen LogP contribution in [0.5, 0.6) is 0 Å². The molecule has 6 rings (SSSR count). The van der Waals surface area contributed by atoms with E-state index >= 15 is 0 Å². The lowest BCUT2D eigenvalue weighted by atomic mass is 10.1. The SMILES string of the molecule is O=c1[nH]c(=O)n([C@@H]2O[C@H](CO)[C@@H](O)C2=C(F)F)cc1CO.O=c1ccn([C@@H]2O[C@H](CO)[C@@H](O)C2=C(Cl)Cl)c(=O)[nH]1.O=c1ccn([C@@H]2S[C@H](CO)[C@@H](O)C2=C(F)F)c(=O)[nH]1. The van der Waals surface area contributed by atoms with Crippen molar-refractivity contribution < 1.29 is 62.8 Å². The van der Waals surface area contributed by atoms with Crippen LogP contribution < -0.4 is 33.7 Å². The predicted molar refractivity (Wildman–Crippen MR) is 195 cm³/mol. The fraction of sp³-hybridized carbons (Fsp3) is 0.419. The second-order valence-corrected chi connectivity index (χ2v) is 14.4. The van der Waals surface area contributed by atoms with E-state index in [0.717, 1.165) is 45.4 Å². The third-order valence-corrected chi connectivity index (χ3v) is 10.5. The molecule has 324 valence electrons. The largest absolute Gasteiger partial charge is 0.395 e. The molecule has 3 aromatic rings. The van der Waals surface area contributed by atoms with Gasteiger partial charge in [-0.05, 0) is 0 Å². The molecule has 3 aromatic heterocycles. The van der Waals surface area contributed by atoms with Gasteiger partial charge in [0.25, 0.3) is 28.8 Å². The maximum absolute atomic E-state index is 13.0. The monoisotopic (exact) mass is 906 g/mol. The Morgan fingerprint density at radius 3 is 1.58 bits per heavy atom. The Kier molecular flexibility index (Phi) is 16.2. The zero-order valence-corrected chi connectivity index (χ0v) is 31.7. The molecule has 28 heteroatoms. The Morgan fingerprint density at radius 2 is 1.14 bits per heavy atom. The minimum Gasteiger partial charge on any atom is -0.395 e. The lowest BCUT2D eigenvalue weighted by Crippen LogP contribution is -2.34. The summed E-state index contributed by atoms with van der Waals surface area (Å²) < 4.78 is 64.3. The Balaban J connectivity index is 0.000000196. The van der Waals surface area contributed by atoms with E-state index in [1.807, 2.05) is 15.0 Å². The van der Waals surface area contributed by atoms with Crippen molar-refractivity contribution in [3.63, 3.8) is 0 Å². The number of halogens is 6. The van der Waals surface area contributed by atoms with Crippen molar-refractivity contribution in [1.29, 1.82) is 0 Å². The van der Waals surface area contributed by atoms with Gasteiger partial charge in [0.1, 0.15) is 34.3 Å². The molecule has 3 aliphatic rings. The molecule has 10 N–H and O–H groups in total. The highest BCUT2D eigenvalue weighted by molar-refractivity contribution is 8.00. The number of aromatic nitrogens is 6. The molecule has 0 aliphatic carbocycles. The summed E-state index contributed by atoms with van der Waals surface area (Å²) in [7, 11) is 0. The summed E-state index contributed by atoms with van der Waals surface area (Å²) in [5, 5.41) is 63.3. The molecule has 0 bridgehead atoms. The van der Waals surface area contributed by atoms with Crippen LogP contribution in [-0.4, -0.2) is 120 Å². The third kappa shape index (κ3) is 10.3. The molecule has 3 aliphatic heterocycles. The zero-order chi connectivity index (χ0) is 44.0. The summed E-state index contributed by atoms with van der Waals surface area (Å²) in [6, 6.07) is 2.14. The van der Waals surface area contributed by atoms with Crippen molar-refractivity contribution in [2.45, 2.75) is 60.2 Å². The normalized spacial score (nSPS) is 26.3. The molecule has 0 radical (unpaired) electrons. The second kappa shape index (κ2) is 20.2. The van der Waals surface area contributed by atoms with Crippen molar-refractivity contribution in [3.8, 4) is 0 Å². The molecule has 0 saturated carbocycles. The van der Waals surface area contributed by atoms with E-state index < -0.39 is 137 Å². The highest BCUT2D eigenvalue weighted by Crippen LogP contribution is 2.46. The quantitative estimate of drug-likeness (QED) is 0.110. The van der Waals surface area contributed by atoms with Crippen molar-refractivity contribution in [3.05, 3.63) is 132 Å². The number of aliphatic hydroxyl groups is 7. The van der Waals surface area contributed by atoms with E-state index in [9.17, 15) is 61.6 Å². The van der Waals surface area contributed by atoms with Crippen molar-refractivity contribution >= 4 is 35.0 Å².